The number of halogens is 1. The molecule has 0 aliphatic carbocycles. The molecular weight excluding hydrogens is 437 g/mol. The summed E-state index contributed by atoms with van der Waals surface area (Å²) in [7, 11) is 0. The summed E-state index contributed by atoms with van der Waals surface area (Å²) in [4.78, 5) is 9.40. The van der Waals surface area contributed by atoms with Crippen molar-refractivity contribution < 1.29 is 14.4 Å². The number of ether oxygens (including phenoxy) is 1. The first-order chi connectivity index (χ1) is 11.7. The first kappa shape index (κ1) is 20.4. The summed E-state index contributed by atoms with van der Waals surface area (Å²) in [6.45, 7) is 9.42. The molecule has 0 unspecified atom stereocenters. The van der Waals surface area contributed by atoms with Gasteiger partial charge in [0.15, 0.2) is 5.96 Å². The lowest BCUT2D eigenvalue weighted by molar-refractivity contribution is -0.130. The van der Waals surface area contributed by atoms with Crippen LogP contribution in [-0.2, 0) is 11.3 Å². The quantitative estimate of drug-likeness (QED) is 0.357. The van der Waals surface area contributed by atoms with Crippen molar-refractivity contribution in [3.8, 4) is 0 Å². The largest absolute Gasteiger partial charge is 0.396 e. The van der Waals surface area contributed by atoms with Gasteiger partial charge in [-0.15, -0.1) is 24.0 Å². The van der Waals surface area contributed by atoms with Crippen LogP contribution < -0.4 is 5.32 Å². The normalized spacial score (nSPS) is 20.7. The SMILES string of the molecule is CCNC(=NCC1(CO)COC1)N1CCN(Cc2ccon2)CC1.I. The van der Waals surface area contributed by atoms with E-state index in [1.54, 1.807) is 6.26 Å². The van der Waals surface area contributed by atoms with Crippen molar-refractivity contribution in [3.05, 3.63) is 18.0 Å². The van der Waals surface area contributed by atoms with Gasteiger partial charge in [0.1, 0.15) is 6.26 Å². The molecule has 0 aromatic carbocycles. The molecule has 1 aromatic rings. The zero-order valence-corrected chi connectivity index (χ0v) is 17.0. The van der Waals surface area contributed by atoms with Crippen molar-refractivity contribution in [1.29, 1.82) is 0 Å². The Labute approximate surface area is 165 Å². The number of guanidine groups is 1. The van der Waals surface area contributed by atoms with E-state index in [2.05, 4.69) is 27.2 Å². The van der Waals surface area contributed by atoms with Crippen molar-refractivity contribution in [1.82, 2.24) is 20.3 Å². The second-order valence-corrected chi connectivity index (χ2v) is 6.58. The van der Waals surface area contributed by atoms with Crippen LogP contribution in [0.4, 0.5) is 0 Å². The third-order valence-corrected chi connectivity index (χ3v) is 4.60. The summed E-state index contributed by atoms with van der Waals surface area (Å²) in [6, 6.07) is 1.91. The van der Waals surface area contributed by atoms with Gasteiger partial charge in [-0.25, -0.2) is 0 Å². The predicted molar refractivity (Wildman–Crippen MR) is 105 cm³/mol. The third kappa shape index (κ3) is 5.28. The molecule has 2 aliphatic rings. The number of hydrogen-bond acceptors (Lipinski definition) is 6. The lowest BCUT2D eigenvalue weighted by Crippen LogP contribution is -2.53. The summed E-state index contributed by atoms with van der Waals surface area (Å²) in [5.41, 5.74) is 0.786. The van der Waals surface area contributed by atoms with Gasteiger partial charge in [-0.3, -0.25) is 9.89 Å². The number of piperazine rings is 1. The van der Waals surface area contributed by atoms with Gasteiger partial charge in [0.2, 0.25) is 0 Å². The molecule has 2 fully saturated rings. The van der Waals surface area contributed by atoms with Gasteiger partial charge in [-0.05, 0) is 6.92 Å². The average molecular weight is 465 g/mol. The molecule has 2 N–H and O–H groups in total. The molecule has 2 saturated heterocycles. The van der Waals surface area contributed by atoms with Gasteiger partial charge in [-0.2, -0.15) is 0 Å². The van der Waals surface area contributed by atoms with Crippen LogP contribution in [0.25, 0.3) is 0 Å². The number of aliphatic hydroxyl groups is 1. The van der Waals surface area contributed by atoms with Crippen LogP contribution in [0.5, 0.6) is 0 Å². The molecule has 8 nitrogen and oxygen atoms in total. The average Bonchev–Trinajstić information content (AvgIpc) is 3.07. The molecule has 0 radical (unpaired) electrons. The summed E-state index contributed by atoms with van der Waals surface area (Å²) < 4.78 is 10.1. The number of aliphatic imine (C=N–C) groups is 1. The molecule has 2 aliphatic heterocycles. The molecule has 0 atom stereocenters. The maximum absolute atomic E-state index is 9.54. The van der Waals surface area contributed by atoms with Gasteiger partial charge < -0.3 is 24.6 Å². The number of nitrogens with zero attached hydrogens (tertiary/aromatic N) is 4. The van der Waals surface area contributed by atoms with Crippen LogP contribution in [0.3, 0.4) is 0 Å². The summed E-state index contributed by atoms with van der Waals surface area (Å²) in [6.07, 6.45) is 1.61. The van der Waals surface area contributed by atoms with E-state index >= 15 is 0 Å². The molecule has 0 saturated carbocycles. The Bertz CT molecular complexity index is 522. The smallest absolute Gasteiger partial charge is 0.194 e. The van der Waals surface area contributed by atoms with Crippen molar-refractivity contribution in [2.75, 3.05) is 59.1 Å². The highest BCUT2D eigenvalue weighted by Crippen LogP contribution is 2.27. The van der Waals surface area contributed by atoms with Crippen LogP contribution in [0, 0.1) is 5.41 Å². The van der Waals surface area contributed by atoms with E-state index in [4.69, 9.17) is 14.3 Å². The molecule has 3 heterocycles. The molecule has 25 heavy (non-hydrogen) atoms. The van der Waals surface area contributed by atoms with Crippen LogP contribution in [0.2, 0.25) is 0 Å². The lowest BCUT2D eigenvalue weighted by Gasteiger charge is -2.40. The zero-order valence-electron chi connectivity index (χ0n) is 14.7. The molecule has 1 aromatic heterocycles. The molecular formula is C16H28IN5O3. The Morgan fingerprint density at radius 1 is 1.36 bits per heavy atom. The summed E-state index contributed by atoms with van der Waals surface area (Å²) >= 11 is 0. The minimum absolute atomic E-state index is 0. The lowest BCUT2D eigenvalue weighted by atomic mass is 9.87. The first-order valence-corrected chi connectivity index (χ1v) is 8.58. The highest BCUT2D eigenvalue weighted by molar-refractivity contribution is 14.0. The fourth-order valence-corrected chi connectivity index (χ4v) is 2.96. The van der Waals surface area contributed by atoms with E-state index in [9.17, 15) is 5.11 Å². The van der Waals surface area contributed by atoms with Gasteiger partial charge in [-0.1, -0.05) is 5.16 Å². The van der Waals surface area contributed by atoms with Gasteiger partial charge >= 0.3 is 0 Å². The second-order valence-electron chi connectivity index (χ2n) is 6.58. The topological polar surface area (TPSA) is 86.4 Å². The monoisotopic (exact) mass is 465 g/mol. The van der Waals surface area contributed by atoms with E-state index in [1.807, 2.05) is 6.07 Å². The van der Waals surface area contributed by atoms with E-state index < -0.39 is 0 Å². The van der Waals surface area contributed by atoms with E-state index in [0.29, 0.717) is 19.8 Å². The number of aromatic nitrogens is 1. The minimum atomic E-state index is -0.185. The maximum Gasteiger partial charge on any atom is 0.194 e. The number of aliphatic hydroxyl groups excluding tert-OH is 1. The van der Waals surface area contributed by atoms with E-state index in [-0.39, 0.29) is 36.0 Å². The molecule has 3 rings (SSSR count). The molecule has 0 spiro atoms. The number of hydrogen-bond donors (Lipinski definition) is 2. The highest BCUT2D eigenvalue weighted by Gasteiger charge is 2.38. The molecule has 0 amide bonds. The Hall–Kier alpha value is -0.910. The number of nitrogens with one attached hydrogen (secondary N) is 1. The van der Waals surface area contributed by atoms with Crippen molar-refractivity contribution >= 4 is 29.9 Å². The Morgan fingerprint density at radius 3 is 2.64 bits per heavy atom. The number of rotatable bonds is 6. The minimum Gasteiger partial charge on any atom is -0.396 e. The molecule has 0 bridgehead atoms. The van der Waals surface area contributed by atoms with Gasteiger partial charge in [0.05, 0.1) is 37.5 Å². The first-order valence-electron chi connectivity index (χ1n) is 8.58. The molecule has 9 heteroatoms. The highest BCUT2D eigenvalue weighted by atomic mass is 127. The fourth-order valence-electron chi connectivity index (χ4n) is 2.96. The standard InChI is InChI=1S/C16H27N5O3.HI/c1-2-17-15(18-10-16(11-22)12-23-13-16)21-6-4-20(5-7-21)9-14-3-8-24-19-14;/h3,8,22H,2,4-7,9-13H2,1H3,(H,17,18);1H. The van der Waals surface area contributed by atoms with Crippen molar-refractivity contribution in [3.63, 3.8) is 0 Å². The summed E-state index contributed by atoms with van der Waals surface area (Å²) in [5, 5.41) is 16.9. The Kier molecular flexibility index (Phi) is 7.91. The van der Waals surface area contributed by atoms with Crippen LogP contribution in [-0.4, -0.2) is 85.1 Å². The Morgan fingerprint density at radius 2 is 2.12 bits per heavy atom. The van der Waals surface area contributed by atoms with Crippen LogP contribution in [0.15, 0.2) is 21.8 Å². The maximum atomic E-state index is 9.54. The zero-order chi connectivity index (χ0) is 16.8. The van der Waals surface area contributed by atoms with E-state index in [0.717, 1.165) is 50.9 Å². The Balaban J connectivity index is 0.00000225. The van der Waals surface area contributed by atoms with Crippen molar-refractivity contribution in [2.45, 2.75) is 13.5 Å². The summed E-state index contributed by atoms with van der Waals surface area (Å²) in [5.74, 6) is 0.929. The third-order valence-electron chi connectivity index (χ3n) is 4.60. The van der Waals surface area contributed by atoms with E-state index in [1.165, 1.54) is 0 Å². The molecule has 142 valence electrons. The fraction of sp³-hybridized carbons (Fsp3) is 0.750. The van der Waals surface area contributed by atoms with Gasteiger partial charge in [0, 0.05) is 45.3 Å². The van der Waals surface area contributed by atoms with Gasteiger partial charge in [0.25, 0.3) is 0 Å². The predicted octanol–water partition coefficient (Wildman–Crippen LogP) is 0.385. The van der Waals surface area contributed by atoms with Crippen molar-refractivity contribution in [2.24, 2.45) is 10.4 Å². The van der Waals surface area contributed by atoms with Crippen LogP contribution in [0.1, 0.15) is 12.6 Å². The second kappa shape index (κ2) is 9.70. The van der Waals surface area contributed by atoms with Crippen LogP contribution >= 0.6 is 24.0 Å².